The molecule has 2 N–H and O–H groups in total. The number of nitrogens with zero attached hydrogens (tertiary/aromatic N) is 1. The lowest BCUT2D eigenvalue weighted by molar-refractivity contribution is -0.120. The first-order valence-corrected chi connectivity index (χ1v) is 9.24. The molecule has 2 aromatic rings. The summed E-state index contributed by atoms with van der Waals surface area (Å²) in [4.78, 5) is 26.3. The Hall–Kier alpha value is -2.87. The van der Waals surface area contributed by atoms with Gasteiger partial charge in [-0.25, -0.2) is 13.2 Å². The molecule has 0 aromatic heterocycles. The Labute approximate surface area is 167 Å². The molecule has 2 rings (SSSR count). The zero-order chi connectivity index (χ0) is 21.6. The number of nitrogens with one attached hydrogen (secondary N) is 2. The van der Waals surface area contributed by atoms with Gasteiger partial charge in [0.2, 0.25) is 11.8 Å². The zero-order valence-corrected chi connectivity index (χ0v) is 16.6. The summed E-state index contributed by atoms with van der Waals surface area (Å²) in [5.41, 5.74) is 2.12. The van der Waals surface area contributed by atoms with Crippen molar-refractivity contribution >= 4 is 23.2 Å². The van der Waals surface area contributed by atoms with E-state index < -0.39 is 29.0 Å². The first-order valence-electron chi connectivity index (χ1n) is 9.24. The lowest BCUT2D eigenvalue weighted by atomic mass is 10.1. The van der Waals surface area contributed by atoms with Crippen molar-refractivity contribution in [3.63, 3.8) is 0 Å². The van der Waals surface area contributed by atoms with Crippen LogP contribution in [0.25, 0.3) is 0 Å². The third kappa shape index (κ3) is 6.05. The predicted octanol–water partition coefficient (Wildman–Crippen LogP) is 4.01. The lowest BCUT2D eigenvalue weighted by Crippen LogP contribution is -2.39. The highest BCUT2D eigenvalue weighted by Crippen LogP contribution is 2.20. The molecular formula is C21H24F3N3O2. The number of carbonyl (C=O) groups excluding carboxylic acids is 2. The fraction of sp³-hybridized carbons (Fsp3) is 0.333. The SMILES string of the molecule is CCCN(CC(=O)Nc1ccc(F)c(F)c1F)CC(=O)Nc1c(C)cccc1C. The third-order valence-electron chi connectivity index (χ3n) is 4.33. The van der Waals surface area contributed by atoms with Crippen molar-refractivity contribution in [1.29, 1.82) is 0 Å². The molecule has 2 aromatic carbocycles. The maximum atomic E-state index is 13.7. The summed E-state index contributed by atoms with van der Waals surface area (Å²) in [6.07, 6.45) is 0.684. The van der Waals surface area contributed by atoms with Crippen LogP contribution in [0.2, 0.25) is 0 Å². The second kappa shape index (κ2) is 10.1. The van der Waals surface area contributed by atoms with E-state index in [1.165, 1.54) is 0 Å². The summed E-state index contributed by atoms with van der Waals surface area (Å²) in [5.74, 6) is -5.38. The van der Waals surface area contributed by atoms with Crippen LogP contribution in [0.4, 0.5) is 24.5 Å². The zero-order valence-electron chi connectivity index (χ0n) is 16.6. The largest absolute Gasteiger partial charge is 0.324 e. The number of para-hydroxylation sites is 1. The number of hydrogen-bond acceptors (Lipinski definition) is 3. The Morgan fingerprint density at radius 1 is 0.897 bits per heavy atom. The number of carbonyl (C=O) groups is 2. The molecule has 0 atom stereocenters. The fourth-order valence-electron chi connectivity index (χ4n) is 2.94. The third-order valence-corrected chi connectivity index (χ3v) is 4.33. The van der Waals surface area contributed by atoms with Crippen LogP contribution in [0, 0.1) is 31.3 Å². The van der Waals surface area contributed by atoms with Crippen molar-refractivity contribution in [3.8, 4) is 0 Å². The topological polar surface area (TPSA) is 61.4 Å². The lowest BCUT2D eigenvalue weighted by Gasteiger charge is -2.21. The van der Waals surface area contributed by atoms with E-state index in [9.17, 15) is 22.8 Å². The van der Waals surface area contributed by atoms with Gasteiger partial charge in [-0.15, -0.1) is 0 Å². The van der Waals surface area contributed by atoms with Gasteiger partial charge in [-0.2, -0.15) is 0 Å². The van der Waals surface area contributed by atoms with E-state index in [4.69, 9.17) is 0 Å². The minimum Gasteiger partial charge on any atom is -0.324 e. The molecule has 0 aliphatic rings. The number of benzene rings is 2. The van der Waals surface area contributed by atoms with Gasteiger partial charge in [-0.05, 0) is 50.1 Å². The normalized spacial score (nSPS) is 10.9. The van der Waals surface area contributed by atoms with E-state index in [0.29, 0.717) is 13.0 Å². The Balaban J connectivity index is 2.01. The molecule has 0 bridgehead atoms. The van der Waals surface area contributed by atoms with Crippen LogP contribution in [-0.4, -0.2) is 36.3 Å². The second-order valence-corrected chi connectivity index (χ2v) is 6.80. The van der Waals surface area contributed by atoms with Crippen LogP contribution < -0.4 is 10.6 Å². The molecule has 0 saturated heterocycles. The van der Waals surface area contributed by atoms with Gasteiger partial charge < -0.3 is 10.6 Å². The average molecular weight is 407 g/mol. The molecule has 0 fully saturated rings. The number of amides is 2. The van der Waals surface area contributed by atoms with Crippen molar-refractivity contribution in [2.75, 3.05) is 30.3 Å². The van der Waals surface area contributed by atoms with Crippen LogP contribution in [0.5, 0.6) is 0 Å². The first kappa shape index (κ1) is 22.4. The smallest absolute Gasteiger partial charge is 0.238 e. The molecule has 0 aliphatic heterocycles. The highest BCUT2D eigenvalue weighted by atomic mass is 19.2. The molecule has 5 nitrogen and oxygen atoms in total. The molecule has 8 heteroatoms. The van der Waals surface area contributed by atoms with Crippen molar-refractivity contribution < 1.29 is 22.8 Å². The first-order chi connectivity index (χ1) is 13.7. The minimum atomic E-state index is -1.65. The molecule has 0 unspecified atom stereocenters. The molecule has 0 radical (unpaired) electrons. The van der Waals surface area contributed by atoms with Gasteiger partial charge in [0.15, 0.2) is 17.5 Å². The quantitative estimate of drug-likeness (QED) is 0.650. The fourth-order valence-corrected chi connectivity index (χ4v) is 2.94. The van der Waals surface area contributed by atoms with Crippen molar-refractivity contribution in [2.24, 2.45) is 0 Å². The number of rotatable bonds is 8. The molecule has 156 valence electrons. The van der Waals surface area contributed by atoms with E-state index in [1.807, 2.05) is 39.0 Å². The van der Waals surface area contributed by atoms with Crippen LogP contribution in [0.3, 0.4) is 0 Å². The minimum absolute atomic E-state index is 0.0463. The Bertz CT molecular complexity index is 883. The maximum Gasteiger partial charge on any atom is 0.238 e. The van der Waals surface area contributed by atoms with Gasteiger partial charge in [0, 0.05) is 5.69 Å². The number of anilines is 2. The second-order valence-electron chi connectivity index (χ2n) is 6.80. The highest BCUT2D eigenvalue weighted by molar-refractivity contribution is 5.95. The predicted molar refractivity (Wildman–Crippen MR) is 106 cm³/mol. The van der Waals surface area contributed by atoms with Crippen molar-refractivity contribution in [3.05, 3.63) is 58.9 Å². The molecule has 0 spiro atoms. The standard InChI is InChI=1S/C21H24F3N3O2/c1-4-10-27(12-18(29)26-21-13(2)6-5-7-14(21)3)11-17(28)25-16-9-8-15(22)19(23)20(16)24/h5-9H,4,10-12H2,1-3H3,(H,25,28)(H,26,29). The summed E-state index contributed by atoms with van der Waals surface area (Å²) >= 11 is 0. The summed E-state index contributed by atoms with van der Waals surface area (Å²) in [6.45, 7) is 5.87. The molecule has 0 heterocycles. The molecule has 0 aliphatic carbocycles. The van der Waals surface area contributed by atoms with Gasteiger partial charge >= 0.3 is 0 Å². The van der Waals surface area contributed by atoms with E-state index in [2.05, 4.69) is 10.6 Å². The maximum absolute atomic E-state index is 13.7. The monoisotopic (exact) mass is 407 g/mol. The Kier molecular flexibility index (Phi) is 7.78. The van der Waals surface area contributed by atoms with Gasteiger partial charge in [0.05, 0.1) is 18.8 Å². The van der Waals surface area contributed by atoms with Gasteiger partial charge in [0.1, 0.15) is 0 Å². The number of halogens is 3. The Morgan fingerprint density at radius 3 is 2.07 bits per heavy atom. The summed E-state index contributed by atoms with van der Waals surface area (Å²) < 4.78 is 40.0. The molecule has 2 amide bonds. The number of aryl methyl sites for hydroxylation is 2. The molecular weight excluding hydrogens is 383 g/mol. The van der Waals surface area contributed by atoms with Crippen molar-refractivity contribution in [2.45, 2.75) is 27.2 Å². The average Bonchev–Trinajstić information content (AvgIpc) is 2.65. The van der Waals surface area contributed by atoms with E-state index >= 15 is 0 Å². The van der Waals surface area contributed by atoms with Gasteiger partial charge in [-0.3, -0.25) is 14.5 Å². The Morgan fingerprint density at radius 2 is 1.48 bits per heavy atom. The number of hydrogen-bond donors (Lipinski definition) is 2. The van der Waals surface area contributed by atoms with E-state index in [-0.39, 0.29) is 19.0 Å². The van der Waals surface area contributed by atoms with Crippen LogP contribution in [0.15, 0.2) is 30.3 Å². The molecule has 29 heavy (non-hydrogen) atoms. The summed E-state index contributed by atoms with van der Waals surface area (Å²) in [5, 5.41) is 5.06. The van der Waals surface area contributed by atoms with Gasteiger partial charge in [0.25, 0.3) is 0 Å². The van der Waals surface area contributed by atoms with E-state index in [1.54, 1.807) is 4.90 Å². The summed E-state index contributed by atoms with van der Waals surface area (Å²) in [7, 11) is 0. The molecule has 0 saturated carbocycles. The summed E-state index contributed by atoms with van der Waals surface area (Å²) in [6, 6.07) is 7.34. The van der Waals surface area contributed by atoms with Gasteiger partial charge in [-0.1, -0.05) is 25.1 Å². The van der Waals surface area contributed by atoms with Crippen LogP contribution in [0.1, 0.15) is 24.5 Å². The van der Waals surface area contributed by atoms with E-state index in [0.717, 1.165) is 28.9 Å². The highest BCUT2D eigenvalue weighted by Gasteiger charge is 2.18. The van der Waals surface area contributed by atoms with Crippen LogP contribution in [-0.2, 0) is 9.59 Å². The van der Waals surface area contributed by atoms with Crippen molar-refractivity contribution in [1.82, 2.24) is 4.90 Å². The van der Waals surface area contributed by atoms with Crippen LogP contribution >= 0.6 is 0 Å².